The summed E-state index contributed by atoms with van der Waals surface area (Å²) < 4.78 is 9.67. The first-order valence-corrected chi connectivity index (χ1v) is 5.87. The summed E-state index contributed by atoms with van der Waals surface area (Å²) in [6.45, 7) is 5.16. The molecular formula is C13H17N3O4. The van der Waals surface area contributed by atoms with Gasteiger partial charge in [-0.05, 0) is 26.8 Å². The molecule has 1 rings (SSSR count). The van der Waals surface area contributed by atoms with Crippen molar-refractivity contribution >= 4 is 18.1 Å². The molecule has 7 nitrogen and oxygen atoms in total. The molecule has 0 aliphatic heterocycles. The van der Waals surface area contributed by atoms with Crippen LogP contribution in [0.4, 0.5) is 4.79 Å². The first-order chi connectivity index (χ1) is 9.31. The van der Waals surface area contributed by atoms with Crippen LogP contribution in [0.3, 0.4) is 0 Å². The third-order valence-electron chi connectivity index (χ3n) is 1.93. The Morgan fingerprint density at radius 2 is 1.85 bits per heavy atom. The van der Waals surface area contributed by atoms with Crippen LogP contribution in [0.1, 0.15) is 26.3 Å². The van der Waals surface area contributed by atoms with Gasteiger partial charge in [-0.1, -0.05) is 0 Å². The van der Waals surface area contributed by atoms with Gasteiger partial charge in [0.1, 0.15) is 17.6 Å². The number of carbonyl (C=O) groups excluding carboxylic acids is 2. The third-order valence-corrected chi connectivity index (χ3v) is 1.93. The number of carbonyl (C=O) groups is 2. The van der Waals surface area contributed by atoms with Gasteiger partial charge in [0.15, 0.2) is 0 Å². The normalized spacial score (nSPS) is 11.7. The minimum absolute atomic E-state index is 0.0587. The number of esters is 1. The summed E-state index contributed by atoms with van der Waals surface area (Å²) in [7, 11) is 1.22. The number of aromatic nitrogens is 2. The molecule has 0 aliphatic rings. The van der Waals surface area contributed by atoms with Gasteiger partial charge in [0, 0.05) is 18.0 Å². The van der Waals surface area contributed by atoms with E-state index >= 15 is 0 Å². The molecule has 1 N–H and O–H groups in total. The molecule has 108 valence electrons. The van der Waals surface area contributed by atoms with Crippen LogP contribution in [0.2, 0.25) is 0 Å². The van der Waals surface area contributed by atoms with Crippen LogP contribution in [0.25, 0.3) is 6.08 Å². The first-order valence-electron chi connectivity index (χ1n) is 5.87. The van der Waals surface area contributed by atoms with Crippen molar-refractivity contribution in [2.45, 2.75) is 26.4 Å². The van der Waals surface area contributed by atoms with Gasteiger partial charge in [0.25, 0.3) is 0 Å². The lowest BCUT2D eigenvalue weighted by Gasteiger charge is -2.20. The van der Waals surface area contributed by atoms with Crippen LogP contribution in [-0.2, 0) is 14.3 Å². The van der Waals surface area contributed by atoms with Crippen LogP contribution in [0.15, 0.2) is 24.4 Å². The van der Waals surface area contributed by atoms with Gasteiger partial charge >= 0.3 is 12.1 Å². The molecule has 0 atom stereocenters. The fraction of sp³-hybridized carbons (Fsp3) is 0.385. The van der Waals surface area contributed by atoms with Gasteiger partial charge in [0.2, 0.25) is 0 Å². The molecule has 1 heterocycles. The maximum atomic E-state index is 11.7. The van der Waals surface area contributed by atoms with Crippen molar-refractivity contribution in [3.8, 4) is 0 Å². The molecule has 0 saturated carbocycles. The molecule has 0 aromatic carbocycles. The van der Waals surface area contributed by atoms with Crippen LogP contribution in [-0.4, -0.2) is 34.7 Å². The molecule has 0 spiro atoms. The molecule has 7 heteroatoms. The topological polar surface area (TPSA) is 90.4 Å². The van der Waals surface area contributed by atoms with E-state index in [1.165, 1.54) is 31.9 Å². The van der Waals surface area contributed by atoms with Gasteiger partial charge < -0.3 is 9.47 Å². The van der Waals surface area contributed by atoms with Crippen molar-refractivity contribution in [2.75, 3.05) is 7.11 Å². The van der Waals surface area contributed by atoms with Crippen molar-refractivity contribution in [1.82, 2.24) is 15.3 Å². The number of hydrogen-bond acceptors (Lipinski definition) is 6. The highest BCUT2D eigenvalue weighted by Gasteiger charge is 2.20. The lowest BCUT2D eigenvalue weighted by molar-refractivity contribution is -0.136. The van der Waals surface area contributed by atoms with E-state index in [1.807, 2.05) is 0 Å². The highest BCUT2D eigenvalue weighted by atomic mass is 16.6. The summed E-state index contributed by atoms with van der Waals surface area (Å²) >= 11 is 0. The molecule has 0 radical (unpaired) electrons. The molecule has 0 saturated heterocycles. The van der Waals surface area contributed by atoms with Gasteiger partial charge in [-0.15, -0.1) is 0 Å². The van der Waals surface area contributed by atoms with Crippen molar-refractivity contribution in [3.05, 3.63) is 30.0 Å². The largest absolute Gasteiger partial charge is 0.464 e. The second kappa shape index (κ2) is 6.65. The Morgan fingerprint density at radius 3 is 2.35 bits per heavy atom. The highest BCUT2D eigenvalue weighted by molar-refractivity contribution is 5.96. The number of ether oxygens (including phenoxy) is 2. The fourth-order valence-corrected chi connectivity index (χ4v) is 1.22. The minimum Gasteiger partial charge on any atom is -0.464 e. The van der Waals surface area contributed by atoms with E-state index in [9.17, 15) is 9.59 Å². The number of amides is 1. The molecule has 0 bridgehead atoms. The molecule has 0 aliphatic carbocycles. The van der Waals surface area contributed by atoms with E-state index < -0.39 is 17.7 Å². The maximum Gasteiger partial charge on any atom is 0.412 e. The lowest BCUT2D eigenvalue weighted by atomic mass is 10.2. The zero-order valence-electron chi connectivity index (χ0n) is 11.8. The Bertz CT molecular complexity index is 506. The van der Waals surface area contributed by atoms with Crippen LogP contribution >= 0.6 is 0 Å². The van der Waals surface area contributed by atoms with E-state index in [1.54, 1.807) is 20.8 Å². The predicted octanol–water partition coefficient (Wildman–Crippen LogP) is 1.52. The molecule has 1 aromatic heterocycles. The van der Waals surface area contributed by atoms with Crippen molar-refractivity contribution < 1.29 is 19.1 Å². The van der Waals surface area contributed by atoms with E-state index in [0.717, 1.165) is 0 Å². The summed E-state index contributed by atoms with van der Waals surface area (Å²) in [5, 5.41) is 2.34. The zero-order chi connectivity index (χ0) is 15.2. The number of hydrogen-bond donors (Lipinski definition) is 1. The van der Waals surface area contributed by atoms with E-state index in [-0.39, 0.29) is 5.70 Å². The molecule has 0 unspecified atom stereocenters. The van der Waals surface area contributed by atoms with Gasteiger partial charge in [-0.3, -0.25) is 5.32 Å². The highest BCUT2D eigenvalue weighted by Crippen LogP contribution is 2.09. The summed E-state index contributed by atoms with van der Waals surface area (Å²) in [6.07, 6.45) is 5.00. The lowest BCUT2D eigenvalue weighted by Crippen LogP contribution is -2.34. The summed E-state index contributed by atoms with van der Waals surface area (Å²) in [6, 6.07) is 0. The van der Waals surface area contributed by atoms with Gasteiger partial charge in [-0.2, -0.15) is 0 Å². The SMILES string of the molecule is COC(=O)/C(=C/c1cncnc1)NC(=O)OC(C)(C)C. The average Bonchev–Trinajstić information content (AvgIpc) is 2.36. The average molecular weight is 279 g/mol. The molecule has 1 aromatic rings. The third kappa shape index (κ3) is 5.47. The van der Waals surface area contributed by atoms with E-state index in [4.69, 9.17) is 4.74 Å². The molecular weight excluding hydrogens is 262 g/mol. The van der Waals surface area contributed by atoms with Gasteiger partial charge in [0.05, 0.1) is 7.11 Å². The summed E-state index contributed by atoms with van der Waals surface area (Å²) in [5.41, 5.74) is -0.179. The van der Waals surface area contributed by atoms with Crippen LogP contribution < -0.4 is 5.32 Å². The van der Waals surface area contributed by atoms with Gasteiger partial charge in [-0.25, -0.2) is 19.6 Å². The monoisotopic (exact) mass is 279 g/mol. The number of alkyl carbamates (subject to hydrolysis) is 1. The quantitative estimate of drug-likeness (QED) is 0.666. The van der Waals surface area contributed by atoms with Crippen molar-refractivity contribution in [1.29, 1.82) is 0 Å². The van der Waals surface area contributed by atoms with E-state index in [0.29, 0.717) is 5.56 Å². The van der Waals surface area contributed by atoms with E-state index in [2.05, 4.69) is 20.0 Å². The van der Waals surface area contributed by atoms with Crippen molar-refractivity contribution in [3.63, 3.8) is 0 Å². The Balaban J connectivity index is 2.89. The standard InChI is InChI=1S/C13H17N3O4/c1-13(2,3)20-12(18)16-10(11(17)19-4)5-9-6-14-8-15-7-9/h5-8H,1-4H3,(H,16,18)/b10-5-. The minimum atomic E-state index is -0.744. The number of rotatable bonds is 3. The number of nitrogens with one attached hydrogen (secondary N) is 1. The molecule has 0 fully saturated rings. The summed E-state index contributed by atoms with van der Waals surface area (Å²) in [4.78, 5) is 30.9. The Labute approximate surface area is 117 Å². The Morgan fingerprint density at radius 1 is 1.25 bits per heavy atom. The zero-order valence-corrected chi connectivity index (χ0v) is 11.8. The Hall–Kier alpha value is -2.44. The fourth-order valence-electron chi connectivity index (χ4n) is 1.22. The smallest absolute Gasteiger partial charge is 0.412 e. The molecule has 20 heavy (non-hydrogen) atoms. The Kier molecular flexibility index (Phi) is 5.19. The maximum absolute atomic E-state index is 11.7. The summed E-state index contributed by atoms with van der Waals surface area (Å²) in [5.74, 6) is -0.695. The second-order valence-corrected chi connectivity index (χ2v) is 4.85. The van der Waals surface area contributed by atoms with Crippen molar-refractivity contribution in [2.24, 2.45) is 0 Å². The number of methoxy groups -OCH3 is 1. The second-order valence-electron chi connectivity index (χ2n) is 4.85. The first kappa shape index (κ1) is 15.6. The molecule has 1 amide bonds. The predicted molar refractivity (Wildman–Crippen MR) is 71.4 cm³/mol. The van der Waals surface area contributed by atoms with Crippen LogP contribution in [0.5, 0.6) is 0 Å². The van der Waals surface area contributed by atoms with Crippen LogP contribution in [0, 0.1) is 0 Å². The number of nitrogens with zero attached hydrogens (tertiary/aromatic N) is 2.